The normalized spacial score (nSPS) is 36.1. The lowest BCUT2D eigenvalue weighted by molar-refractivity contribution is -0.166. The molecule has 1 saturated heterocycles. The van der Waals surface area contributed by atoms with E-state index in [1.807, 2.05) is 0 Å². The zero-order valence-electron chi connectivity index (χ0n) is 5.25. The first-order valence-corrected chi connectivity index (χ1v) is 2.94. The molecule has 1 heterocycles. The molecule has 0 spiro atoms. The fraction of sp³-hybridized carbons (Fsp3) is 0.571. The van der Waals surface area contributed by atoms with Crippen LogP contribution in [0.4, 0.5) is 0 Å². The average Bonchev–Trinajstić information content (AvgIpc) is 1.90. The Kier molecular flexibility index (Phi) is 2.25. The highest BCUT2D eigenvalue weighted by molar-refractivity contribution is 4.76. The maximum atomic E-state index is 5.47. The Morgan fingerprint density at radius 2 is 2.00 bits per heavy atom. The van der Waals surface area contributed by atoms with Crippen LogP contribution < -0.4 is 0 Å². The quantitative estimate of drug-likeness (QED) is 0.485. The maximum absolute atomic E-state index is 5.47. The Labute approximate surface area is 55.5 Å². The SMILES string of the molecule is [CH]C1COC(C=C)OC1. The summed E-state index contributed by atoms with van der Waals surface area (Å²) in [5, 5.41) is 0. The van der Waals surface area contributed by atoms with Gasteiger partial charge in [-0.05, 0) is 13.0 Å². The summed E-state index contributed by atoms with van der Waals surface area (Å²) in [5.41, 5.74) is 0. The highest BCUT2D eigenvalue weighted by atomic mass is 16.7. The lowest BCUT2D eigenvalue weighted by Gasteiger charge is -2.24. The Morgan fingerprint density at radius 1 is 1.44 bits per heavy atom. The van der Waals surface area contributed by atoms with Gasteiger partial charge in [0.2, 0.25) is 0 Å². The molecule has 0 aliphatic carbocycles. The molecule has 0 aromatic carbocycles. The second-order valence-corrected chi connectivity index (χ2v) is 2.03. The van der Waals surface area contributed by atoms with Gasteiger partial charge in [-0.25, -0.2) is 0 Å². The average molecular weight is 126 g/mol. The standard InChI is InChI=1S/C7H10O2/c1-3-7-8-4-6(2)5-9-7/h2-3,6-7H,1,4-5H2. The van der Waals surface area contributed by atoms with E-state index in [9.17, 15) is 0 Å². The second kappa shape index (κ2) is 2.99. The molecule has 2 radical (unpaired) electrons. The molecular weight excluding hydrogens is 116 g/mol. The van der Waals surface area contributed by atoms with Crippen molar-refractivity contribution in [1.29, 1.82) is 0 Å². The van der Waals surface area contributed by atoms with Gasteiger partial charge in [0.25, 0.3) is 0 Å². The van der Waals surface area contributed by atoms with Gasteiger partial charge in [0.15, 0.2) is 6.29 Å². The molecule has 1 aliphatic rings. The molecular formula is C7H10O2. The molecule has 0 N–H and O–H groups in total. The first kappa shape index (κ1) is 6.78. The molecule has 0 atom stereocenters. The van der Waals surface area contributed by atoms with Crippen molar-refractivity contribution in [3.05, 3.63) is 19.6 Å². The van der Waals surface area contributed by atoms with Crippen LogP contribution in [-0.2, 0) is 9.47 Å². The van der Waals surface area contributed by atoms with Gasteiger partial charge in [-0.1, -0.05) is 6.58 Å². The lowest BCUT2D eigenvalue weighted by Crippen LogP contribution is -2.28. The monoisotopic (exact) mass is 126 g/mol. The van der Waals surface area contributed by atoms with Gasteiger partial charge in [0.05, 0.1) is 13.2 Å². The van der Waals surface area contributed by atoms with E-state index in [2.05, 4.69) is 6.58 Å². The molecule has 0 saturated carbocycles. The molecule has 0 bridgehead atoms. The highest BCUT2D eigenvalue weighted by Gasteiger charge is 2.15. The molecule has 0 unspecified atom stereocenters. The van der Waals surface area contributed by atoms with Gasteiger partial charge >= 0.3 is 0 Å². The Bertz CT molecular complexity index is 93.1. The van der Waals surface area contributed by atoms with Crippen LogP contribution >= 0.6 is 0 Å². The summed E-state index contributed by atoms with van der Waals surface area (Å²) in [7, 11) is 0. The smallest absolute Gasteiger partial charge is 0.176 e. The van der Waals surface area contributed by atoms with E-state index in [0.717, 1.165) is 0 Å². The summed E-state index contributed by atoms with van der Waals surface area (Å²) in [4.78, 5) is 0. The Morgan fingerprint density at radius 3 is 2.44 bits per heavy atom. The van der Waals surface area contributed by atoms with Gasteiger partial charge in [0, 0.05) is 5.92 Å². The van der Waals surface area contributed by atoms with Gasteiger partial charge in [-0.2, -0.15) is 0 Å². The molecule has 50 valence electrons. The van der Waals surface area contributed by atoms with E-state index in [0.29, 0.717) is 13.2 Å². The fourth-order valence-electron chi connectivity index (χ4n) is 0.669. The number of hydrogen-bond donors (Lipinski definition) is 0. The number of ether oxygens (including phenoxy) is 2. The molecule has 9 heavy (non-hydrogen) atoms. The maximum Gasteiger partial charge on any atom is 0.176 e. The second-order valence-electron chi connectivity index (χ2n) is 2.03. The number of rotatable bonds is 1. The van der Waals surface area contributed by atoms with Crippen molar-refractivity contribution in [2.75, 3.05) is 13.2 Å². The summed E-state index contributed by atoms with van der Waals surface area (Å²) in [5.74, 6) is 0.0289. The van der Waals surface area contributed by atoms with Crippen molar-refractivity contribution < 1.29 is 9.47 Å². The van der Waals surface area contributed by atoms with Crippen molar-refractivity contribution in [2.45, 2.75) is 6.29 Å². The highest BCUT2D eigenvalue weighted by Crippen LogP contribution is 2.09. The summed E-state index contributed by atoms with van der Waals surface area (Å²) in [6.45, 7) is 10.1. The predicted molar refractivity (Wildman–Crippen MR) is 33.7 cm³/mol. The van der Waals surface area contributed by atoms with E-state index in [4.69, 9.17) is 16.4 Å². The molecule has 2 nitrogen and oxygen atoms in total. The van der Waals surface area contributed by atoms with E-state index in [1.165, 1.54) is 0 Å². The molecule has 0 aromatic heterocycles. The van der Waals surface area contributed by atoms with Crippen molar-refractivity contribution in [3.63, 3.8) is 0 Å². The van der Waals surface area contributed by atoms with Crippen LogP contribution in [0, 0.1) is 12.8 Å². The van der Waals surface area contributed by atoms with Crippen molar-refractivity contribution in [2.24, 2.45) is 5.92 Å². The zero-order valence-corrected chi connectivity index (χ0v) is 5.25. The first-order chi connectivity index (χ1) is 4.33. The van der Waals surface area contributed by atoms with Crippen molar-refractivity contribution in [1.82, 2.24) is 0 Å². The molecule has 1 aliphatic heterocycles. The summed E-state index contributed by atoms with van der Waals surface area (Å²) in [6, 6.07) is 0. The summed E-state index contributed by atoms with van der Waals surface area (Å²) in [6.07, 6.45) is 1.37. The van der Waals surface area contributed by atoms with Crippen LogP contribution in [0.1, 0.15) is 0 Å². The third kappa shape index (κ3) is 1.80. The van der Waals surface area contributed by atoms with Crippen LogP contribution in [-0.4, -0.2) is 19.5 Å². The van der Waals surface area contributed by atoms with Crippen LogP contribution in [0.15, 0.2) is 12.7 Å². The predicted octanol–water partition coefficient (Wildman–Crippen LogP) is 0.873. The van der Waals surface area contributed by atoms with E-state index in [1.54, 1.807) is 6.08 Å². The molecule has 2 heteroatoms. The van der Waals surface area contributed by atoms with Gasteiger partial charge in [-0.15, -0.1) is 0 Å². The van der Waals surface area contributed by atoms with Gasteiger partial charge in [0.1, 0.15) is 0 Å². The minimum absolute atomic E-state index is 0.0289. The van der Waals surface area contributed by atoms with Crippen LogP contribution in [0.2, 0.25) is 0 Å². The minimum atomic E-state index is -0.246. The fourth-order valence-corrected chi connectivity index (χ4v) is 0.669. The van der Waals surface area contributed by atoms with Gasteiger partial charge in [-0.3, -0.25) is 0 Å². The zero-order chi connectivity index (χ0) is 6.69. The largest absolute Gasteiger partial charge is 0.349 e. The van der Waals surface area contributed by atoms with E-state index in [-0.39, 0.29) is 12.2 Å². The third-order valence-corrected chi connectivity index (χ3v) is 1.14. The summed E-state index contributed by atoms with van der Waals surface area (Å²) < 4.78 is 10.1. The van der Waals surface area contributed by atoms with Crippen molar-refractivity contribution >= 4 is 0 Å². The Balaban J connectivity index is 2.26. The minimum Gasteiger partial charge on any atom is -0.349 e. The lowest BCUT2D eigenvalue weighted by atomic mass is 10.2. The Hall–Kier alpha value is -0.340. The molecule has 0 aromatic rings. The van der Waals surface area contributed by atoms with Crippen LogP contribution in [0.5, 0.6) is 0 Å². The van der Waals surface area contributed by atoms with Crippen LogP contribution in [0.25, 0.3) is 0 Å². The molecule has 1 fully saturated rings. The van der Waals surface area contributed by atoms with Crippen LogP contribution in [0.3, 0.4) is 0 Å². The number of hydrogen-bond acceptors (Lipinski definition) is 2. The van der Waals surface area contributed by atoms with Gasteiger partial charge < -0.3 is 9.47 Å². The molecule has 1 rings (SSSR count). The van der Waals surface area contributed by atoms with E-state index < -0.39 is 0 Å². The molecule has 0 amide bonds. The van der Waals surface area contributed by atoms with E-state index >= 15 is 0 Å². The van der Waals surface area contributed by atoms with Crippen molar-refractivity contribution in [3.8, 4) is 0 Å². The third-order valence-electron chi connectivity index (χ3n) is 1.14. The first-order valence-electron chi connectivity index (χ1n) is 2.94. The topological polar surface area (TPSA) is 18.5 Å². The summed E-state index contributed by atoms with van der Waals surface area (Å²) >= 11 is 0.